The maximum atomic E-state index is 12.3. The molecule has 0 atom stereocenters. The standard InChI is InChI=1S/C18H21F3N2O3/c1-26-15-5-3-2-4-14(15)6-7-16(24)23-10-8-13(9-11-23)12-22-17(25)18(19,20)21/h2-7,13H,8-12H2,1H3,(H,22,25)/b7-6+. The molecule has 26 heavy (non-hydrogen) atoms. The zero-order chi connectivity index (χ0) is 19.2. The minimum atomic E-state index is -4.86. The van der Waals surface area contributed by atoms with Crippen molar-refractivity contribution >= 4 is 17.9 Å². The molecule has 142 valence electrons. The van der Waals surface area contributed by atoms with Crippen molar-refractivity contribution in [2.75, 3.05) is 26.7 Å². The average Bonchev–Trinajstić information content (AvgIpc) is 2.64. The predicted molar refractivity (Wildman–Crippen MR) is 90.4 cm³/mol. The van der Waals surface area contributed by atoms with Crippen LogP contribution < -0.4 is 10.1 Å². The maximum absolute atomic E-state index is 12.3. The summed E-state index contributed by atoms with van der Waals surface area (Å²) >= 11 is 0. The predicted octanol–water partition coefficient (Wildman–Crippen LogP) is 2.63. The Balaban J connectivity index is 1.81. The second kappa shape index (κ2) is 8.73. The number of alkyl halides is 3. The molecule has 1 fully saturated rings. The number of carbonyl (C=O) groups is 2. The van der Waals surface area contributed by atoms with Crippen molar-refractivity contribution in [1.29, 1.82) is 0 Å². The highest BCUT2D eigenvalue weighted by Gasteiger charge is 2.38. The number of nitrogens with one attached hydrogen (secondary N) is 1. The topological polar surface area (TPSA) is 58.6 Å². The van der Waals surface area contributed by atoms with Crippen molar-refractivity contribution in [3.8, 4) is 5.75 Å². The third-order valence-corrected chi connectivity index (χ3v) is 4.28. The number of para-hydroxylation sites is 1. The molecule has 1 aliphatic heterocycles. The molecule has 1 aliphatic rings. The number of carbonyl (C=O) groups excluding carboxylic acids is 2. The lowest BCUT2D eigenvalue weighted by Crippen LogP contribution is -2.43. The van der Waals surface area contributed by atoms with Gasteiger partial charge in [0.1, 0.15) is 5.75 Å². The fourth-order valence-electron chi connectivity index (χ4n) is 2.77. The molecule has 0 spiro atoms. The minimum absolute atomic E-state index is 0.0303. The van der Waals surface area contributed by atoms with Gasteiger partial charge in [0, 0.05) is 31.3 Å². The summed E-state index contributed by atoms with van der Waals surface area (Å²) in [5, 5.41) is 1.90. The molecule has 2 amide bonds. The number of ether oxygens (including phenoxy) is 1. The summed E-state index contributed by atoms with van der Waals surface area (Å²) in [6.07, 6.45) is -0.626. The van der Waals surface area contributed by atoms with E-state index < -0.39 is 12.1 Å². The van der Waals surface area contributed by atoms with Crippen molar-refractivity contribution in [3.05, 3.63) is 35.9 Å². The molecule has 0 unspecified atom stereocenters. The molecule has 1 N–H and O–H groups in total. The van der Waals surface area contributed by atoms with Gasteiger partial charge in [0.2, 0.25) is 5.91 Å². The van der Waals surface area contributed by atoms with E-state index in [1.54, 1.807) is 24.2 Å². The Morgan fingerprint density at radius 1 is 1.27 bits per heavy atom. The Hall–Kier alpha value is -2.51. The van der Waals surface area contributed by atoms with E-state index in [0.29, 0.717) is 31.7 Å². The SMILES string of the molecule is COc1ccccc1/C=C/C(=O)N1CCC(CNC(=O)C(F)(F)F)CC1. The summed E-state index contributed by atoms with van der Waals surface area (Å²) in [7, 11) is 1.55. The van der Waals surface area contributed by atoms with Gasteiger partial charge >= 0.3 is 12.1 Å². The number of nitrogens with zero attached hydrogens (tertiary/aromatic N) is 1. The number of halogens is 3. The Morgan fingerprint density at radius 2 is 1.92 bits per heavy atom. The number of piperidine rings is 1. The first kappa shape index (κ1) is 19.8. The van der Waals surface area contributed by atoms with Crippen LogP contribution in [0.4, 0.5) is 13.2 Å². The number of rotatable bonds is 5. The fraction of sp³-hybridized carbons (Fsp3) is 0.444. The third kappa shape index (κ3) is 5.50. The van der Waals surface area contributed by atoms with Gasteiger partial charge in [0.15, 0.2) is 0 Å². The minimum Gasteiger partial charge on any atom is -0.496 e. The molecule has 1 aromatic carbocycles. The highest BCUT2D eigenvalue weighted by molar-refractivity contribution is 5.92. The van der Waals surface area contributed by atoms with Crippen LogP contribution in [0.15, 0.2) is 30.3 Å². The summed E-state index contributed by atoms with van der Waals surface area (Å²) < 4.78 is 41.7. The van der Waals surface area contributed by atoms with Gasteiger partial charge in [0.25, 0.3) is 0 Å². The molecule has 0 bridgehead atoms. The molecule has 2 rings (SSSR count). The molecule has 1 saturated heterocycles. The van der Waals surface area contributed by atoms with Crippen LogP contribution in [-0.2, 0) is 9.59 Å². The van der Waals surface area contributed by atoms with E-state index in [2.05, 4.69) is 0 Å². The van der Waals surface area contributed by atoms with Crippen LogP contribution in [0.3, 0.4) is 0 Å². The van der Waals surface area contributed by atoms with Gasteiger partial charge in [0.05, 0.1) is 7.11 Å². The zero-order valence-corrected chi connectivity index (χ0v) is 14.4. The summed E-state index contributed by atoms with van der Waals surface area (Å²) in [5.74, 6) is -1.48. The maximum Gasteiger partial charge on any atom is 0.471 e. The molecular weight excluding hydrogens is 349 g/mol. The second-order valence-corrected chi connectivity index (χ2v) is 6.05. The van der Waals surface area contributed by atoms with Gasteiger partial charge in [-0.25, -0.2) is 0 Å². The van der Waals surface area contributed by atoms with Crippen LogP contribution in [0, 0.1) is 5.92 Å². The van der Waals surface area contributed by atoms with Gasteiger partial charge < -0.3 is 15.0 Å². The molecular formula is C18H21F3N2O3. The molecule has 0 radical (unpaired) electrons. The number of hydrogen-bond acceptors (Lipinski definition) is 3. The van der Waals surface area contributed by atoms with E-state index in [0.717, 1.165) is 5.56 Å². The lowest BCUT2D eigenvalue weighted by atomic mass is 9.96. The van der Waals surface area contributed by atoms with Crippen LogP contribution in [0.25, 0.3) is 6.08 Å². The van der Waals surface area contributed by atoms with E-state index in [-0.39, 0.29) is 18.4 Å². The number of likely N-dealkylation sites (tertiary alicyclic amines) is 1. The lowest BCUT2D eigenvalue weighted by Gasteiger charge is -2.31. The summed E-state index contributed by atoms with van der Waals surface area (Å²) in [6.45, 7) is 0.862. The van der Waals surface area contributed by atoms with Crippen LogP contribution in [0.1, 0.15) is 18.4 Å². The Morgan fingerprint density at radius 3 is 2.54 bits per heavy atom. The Bertz CT molecular complexity index is 666. The summed E-state index contributed by atoms with van der Waals surface area (Å²) in [4.78, 5) is 24.7. The molecule has 5 nitrogen and oxygen atoms in total. The Kier molecular flexibility index (Phi) is 6.65. The van der Waals surface area contributed by atoms with Crippen molar-refractivity contribution in [3.63, 3.8) is 0 Å². The van der Waals surface area contributed by atoms with Gasteiger partial charge in [-0.1, -0.05) is 18.2 Å². The molecule has 1 aromatic rings. The van der Waals surface area contributed by atoms with Crippen LogP contribution in [0.2, 0.25) is 0 Å². The first-order chi connectivity index (χ1) is 12.3. The molecule has 1 heterocycles. The normalized spacial score (nSPS) is 15.9. The summed E-state index contributed by atoms with van der Waals surface area (Å²) in [5.41, 5.74) is 0.785. The zero-order valence-electron chi connectivity index (χ0n) is 14.4. The molecule has 0 saturated carbocycles. The first-order valence-electron chi connectivity index (χ1n) is 8.26. The summed E-state index contributed by atoms with van der Waals surface area (Å²) in [6, 6.07) is 7.30. The largest absolute Gasteiger partial charge is 0.496 e. The van der Waals surface area contributed by atoms with Gasteiger partial charge in [-0.3, -0.25) is 9.59 Å². The number of amides is 2. The third-order valence-electron chi connectivity index (χ3n) is 4.28. The monoisotopic (exact) mass is 370 g/mol. The van der Waals surface area contributed by atoms with Crippen molar-refractivity contribution in [2.24, 2.45) is 5.92 Å². The average molecular weight is 370 g/mol. The van der Waals surface area contributed by atoms with E-state index in [1.807, 2.05) is 23.5 Å². The fourth-order valence-corrected chi connectivity index (χ4v) is 2.77. The van der Waals surface area contributed by atoms with Crippen LogP contribution in [-0.4, -0.2) is 49.6 Å². The lowest BCUT2D eigenvalue weighted by molar-refractivity contribution is -0.173. The molecule has 8 heteroatoms. The smallest absolute Gasteiger partial charge is 0.471 e. The number of benzene rings is 1. The van der Waals surface area contributed by atoms with Crippen molar-refractivity contribution < 1.29 is 27.5 Å². The van der Waals surface area contributed by atoms with Gasteiger partial charge in [-0.2, -0.15) is 13.2 Å². The second-order valence-electron chi connectivity index (χ2n) is 6.05. The van der Waals surface area contributed by atoms with E-state index >= 15 is 0 Å². The number of methoxy groups -OCH3 is 1. The van der Waals surface area contributed by atoms with Crippen LogP contribution >= 0.6 is 0 Å². The van der Waals surface area contributed by atoms with Crippen LogP contribution in [0.5, 0.6) is 5.75 Å². The van der Waals surface area contributed by atoms with Crippen molar-refractivity contribution in [2.45, 2.75) is 19.0 Å². The molecule has 0 aliphatic carbocycles. The highest BCUT2D eigenvalue weighted by Crippen LogP contribution is 2.21. The van der Waals surface area contributed by atoms with E-state index in [1.165, 1.54) is 6.08 Å². The van der Waals surface area contributed by atoms with Gasteiger partial charge in [-0.15, -0.1) is 0 Å². The van der Waals surface area contributed by atoms with E-state index in [4.69, 9.17) is 4.74 Å². The van der Waals surface area contributed by atoms with E-state index in [9.17, 15) is 22.8 Å². The Labute approximate surface area is 149 Å². The molecule has 0 aromatic heterocycles. The quantitative estimate of drug-likeness (QED) is 0.811. The van der Waals surface area contributed by atoms with Gasteiger partial charge in [-0.05, 0) is 30.9 Å². The number of hydrogen-bond donors (Lipinski definition) is 1. The first-order valence-corrected chi connectivity index (χ1v) is 8.26. The van der Waals surface area contributed by atoms with Crippen molar-refractivity contribution in [1.82, 2.24) is 10.2 Å². The highest BCUT2D eigenvalue weighted by atomic mass is 19.4.